The molecular weight excluding hydrogens is 931 g/mol. The van der Waals surface area contributed by atoms with Crippen molar-refractivity contribution in [3.63, 3.8) is 0 Å². The molecule has 11 heteroatoms. The minimum atomic E-state index is -1.58. The Kier molecular flexibility index (Phi) is 48.7. The van der Waals surface area contributed by atoms with Crippen LogP contribution in [0.5, 0.6) is 0 Å². The van der Waals surface area contributed by atoms with Crippen LogP contribution in [0.4, 0.5) is 0 Å². The van der Waals surface area contributed by atoms with Gasteiger partial charge in [0.2, 0.25) is 5.91 Å². The fourth-order valence-electron chi connectivity index (χ4n) is 8.91. The highest BCUT2D eigenvalue weighted by atomic mass is 16.7. The zero-order valence-corrected chi connectivity index (χ0v) is 47.0. The molecule has 1 aliphatic heterocycles. The third-order valence-corrected chi connectivity index (χ3v) is 13.7. The summed E-state index contributed by atoms with van der Waals surface area (Å²) >= 11 is 0. The van der Waals surface area contributed by atoms with Gasteiger partial charge in [-0.25, -0.2) is 0 Å². The van der Waals surface area contributed by atoms with Crippen molar-refractivity contribution in [2.24, 2.45) is 0 Å². The van der Waals surface area contributed by atoms with Crippen LogP contribution in [0, 0.1) is 0 Å². The van der Waals surface area contributed by atoms with Crippen molar-refractivity contribution in [1.82, 2.24) is 5.32 Å². The molecule has 0 aliphatic carbocycles. The maximum Gasteiger partial charge on any atom is 0.305 e. The summed E-state index contributed by atoms with van der Waals surface area (Å²) < 4.78 is 16.7. The second kappa shape index (κ2) is 52.2. The van der Waals surface area contributed by atoms with E-state index in [1.165, 1.54) is 116 Å². The van der Waals surface area contributed by atoms with Gasteiger partial charge in [0.05, 0.1) is 32.0 Å². The molecule has 0 aromatic heterocycles. The SMILES string of the molecule is CCC/C=C/CC/C=C/CC/C=C/C(O)C(COC1OC(CO)C(O)C(O)C1O)NC(=O)CCCCCCCCC/C=C\C/C=C\CCCCCCCCCCCOC(=O)CCCCCCC/C=C\CCCCC. The fraction of sp³-hybridized carbons (Fsp3) is 0.778. The second-order valence-corrected chi connectivity index (χ2v) is 20.7. The van der Waals surface area contributed by atoms with Crippen molar-refractivity contribution in [2.75, 3.05) is 19.8 Å². The molecule has 0 aromatic rings. The molecule has 0 radical (unpaired) electrons. The van der Waals surface area contributed by atoms with Gasteiger partial charge in [-0.15, -0.1) is 0 Å². The summed E-state index contributed by atoms with van der Waals surface area (Å²) in [6.45, 7) is 4.20. The van der Waals surface area contributed by atoms with Crippen molar-refractivity contribution in [1.29, 1.82) is 0 Å². The fourth-order valence-corrected chi connectivity index (χ4v) is 8.91. The number of allylic oxidation sites excluding steroid dienone is 11. The number of amides is 1. The Labute approximate surface area is 451 Å². The molecule has 1 amide bonds. The number of aliphatic hydroxyl groups excluding tert-OH is 5. The van der Waals surface area contributed by atoms with Crippen LogP contribution in [0.2, 0.25) is 0 Å². The molecule has 1 aliphatic rings. The summed E-state index contributed by atoms with van der Waals surface area (Å²) in [5.74, 6) is -0.227. The molecule has 1 fully saturated rings. The molecule has 1 saturated heterocycles. The van der Waals surface area contributed by atoms with Crippen LogP contribution in [0.3, 0.4) is 0 Å². The number of ether oxygens (including phenoxy) is 3. The number of unbranched alkanes of at least 4 members (excludes halogenated alkanes) is 27. The number of nitrogens with one attached hydrogen (secondary N) is 1. The molecule has 1 heterocycles. The lowest BCUT2D eigenvalue weighted by Crippen LogP contribution is -2.60. The predicted octanol–water partition coefficient (Wildman–Crippen LogP) is 14.0. The molecule has 0 spiro atoms. The maximum atomic E-state index is 13.0. The van der Waals surface area contributed by atoms with Crippen molar-refractivity contribution in [3.8, 4) is 0 Å². The molecular formula is C63H111NO10. The van der Waals surface area contributed by atoms with Crippen molar-refractivity contribution >= 4 is 11.9 Å². The first-order chi connectivity index (χ1) is 36.2. The van der Waals surface area contributed by atoms with E-state index in [1.54, 1.807) is 6.08 Å². The highest BCUT2D eigenvalue weighted by Crippen LogP contribution is 2.23. The smallest absolute Gasteiger partial charge is 0.305 e. The van der Waals surface area contributed by atoms with Crippen LogP contribution in [-0.4, -0.2) is 100 Å². The van der Waals surface area contributed by atoms with E-state index < -0.39 is 49.5 Å². The summed E-state index contributed by atoms with van der Waals surface area (Å²) in [5, 5.41) is 54.2. The average Bonchev–Trinajstić information content (AvgIpc) is 3.40. The number of aliphatic hydroxyl groups is 5. The molecule has 74 heavy (non-hydrogen) atoms. The molecule has 428 valence electrons. The van der Waals surface area contributed by atoms with E-state index >= 15 is 0 Å². The molecule has 11 nitrogen and oxygen atoms in total. The van der Waals surface area contributed by atoms with E-state index in [0.29, 0.717) is 25.9 Å². The number of carbonyl (C=O) groups is 2. The summed E-state index contributed by atoms with van der Waals surface area (Å²) in [6.07, 6.45) is 58.6. The Morgan fingerprint density at radius 2 is 0.946 bits per heavy atom. The molecule has 6 N–H and O–H groups in total. The van der Waals surface area contributed by atoms with E-state index in [0.717, 1.165) is 103 Å². The third-order valence-electron chi connectivity index (χ3n) is 13.7. The monoisotopic (exact) mass is 1040 g/mol. The van der Waals surface area contributed by atoms with Gasteiger partial charge in [0, 0.05) is 12.8 Å². The first kappa shape index (κ1) is 69.1. The van der Waals surface area contributed by atoms with E-state index in [-0.39, 0.29) is 18.5 Å². The van der Waals surface area contributed by atoms with Crippen LogP contribution >= 0.6 is 0 Å². The third kappa shape index (κ3) is 41.3. The van der Waals surface area contributed by atoms with E-state index in [2.05, 4.69) is 79.9 Å². The lowest BCUT2D eigenvalue weighted by Gasteiger charge is -2.40. The van der Waals surface area contributed by atoms with Gasteiger partial charge in [-0.1, -0.05) is 202 Å². The Hall–Kier alpha value is -2.90. The zero-order valence-electron chi connectivity index (χ0n) is 47.0. The minimum absolute atomic E-state index is 0.0167. The number of rotatable bonds is 51. The normalized spacial score (nSPS) is 19.4. The van der Waals surface area contributed by atoms with Gasteiger partial charge >= 0.3 is 5.97 Å². The molecule has 0 bridgehead atoms. The Balaban J connectivity index is 2.07. The van der Waals surface area contributed by atoms with Gasteiger partial charge in [0.25, 0.3) is 0 Å². The Morgan fingerprint density at radius 1 is 0.500 bits per heavy atom. The lowest BCUT2D eigenvalue weighted by molar-refractivity contribution is -0.302. The number of hydrogen-bond donors (Lipinski definition) is 6. The lowest BCUT2D eigenvalue weighted by atomic mass is 9.99. The van der Waals surface area contributed by atoms with E-state index in [4.69, 9.17) is 14.2 Å². The average molecular weight is 1040 g/mol. The predicted molar refractivity (Wildman–Crippen MR) is 306 cm³/mol. The number of hydrogen-bond acceptors (Lipinski definition) is 10. The van der Waals surface area contributed by atoms with Gasteiger partial charge in [-0.2, -0.15) is 0 Å². The standard InChI is InChI=1S/C63H111NO10/c1-3-5-7-9-11-13-15-31-35-39-43-47-51-59(68)72-52-48-44-40-36-32-28-26-24-22-20-18-16-17-19-21-23-25-27-30-34-38-42-46-50-58(67)64-55(54-73-63-62(71)61(70)60(69)57(53-65)74-63)56(66)49-45-41-37-33-29-14-12-10-8-6-4-2/h8,10-11,13,16,18-19,21,29,33,45,49,55-57,60-63,65-66,69-71H,3-7,9,12,14-15,17,20,22-28,30-32,34-44,46-48,50-54H2,1-2H3,(H,64,67)/b10-8+,13-11-,18-16-,21-19-,33-29+,49-45+. The van der Waals surface area contributed by atoms with Crippen molar-refractivity contribution < 1.29 is 49.3 Å². The maximum absolute atomic E-state index is 13.0. The van der Waals surface area contributed by atoms with Gasteiger partial charge < -0.3 is 45.1 Å². The number of esters is 1. The van der Waals surface area contributed by atoms with Crippen molar-refractivity contribution in [3.05, 3.63) is 72.9 Å². The molecule has 0 aromatic carbocycles. The summed E-state index contributed by atoms with van der Waals surface area (Å²) in [4.78, 5) is 25.0. The van der Waals surface area contributed by atoms with Crippen LogP contribution < -0.4 is 5.32 Å². The van der Waals surface area contributed by atoms with E-state index in [1.807, 2.05) is 6.08 Å². The van der Waals surface area contributed by atoms with Gasteiger partial charge in [-0.3, -0.25) is 9.59 Å². The Morgan fingerprint density at radius 3 is 1.47 bits per heavy atom. The topological polar surface area (TPSA) is 175 Å². The molecule has 0 saturated carbocycles. The van der Waals surface area contributed by atoms with Crippen LogP contribution in [0.1, 0.15) is 251 Å². The van der Waals surface area contributed by atoms with Crippen LogP contribution in [0.15, 0.2) is 72.9 Å². The largest absolute Gasteiger partial charge is 0.466 e. The van der Waals surface area contributed by atoms with E-state index in [9.17, 15) is 35.1 Å². The van der Waals surface area contributed by atoms with Gasteiger partial charge in [-0.05, 0) is 109 Å². The molecule has 7 atom stereocenters. The van der Waals surface area contributed by atoms with Crippen molar-refractivity contribution in [2.45, 2.75) is 294 Å². The van der Waals surface area contributed by atoms with Crippen LogP contribution in [-0.2, 0) is 23.8 Å². The van der Waals surface area contributed by atoms with Gasteiger partial charge in [0.15, 0.2) is 6.29 Å². The minimum Gasteiger partial charge on any atom is -0.466 e. The highest BCUT2D eigenvalue weighted by molar-refractivity contribution is 5.76. The number of carbonyl (C=O) groups excluding carboxylic acids is 2. The first-order valence-electron chi connectivity index (χ1n) is 30.2. The molecule has 1 rings (SSSR count). The zero-order chi connectivity index (χ0) is 53.8. The summed E-state index contributed by atoms with van der Waals surface area (Å²) in [5.41, 5.74) is 0. The Bertz CT molecular complexity index is 1460. The second-order valence-electron chi connectivity index (χ2n) is 20.7. The summed E-state index contributed by atoms with van der Waals surface area (Å²) in [7, 11) is 0. The quantitative estimate of drug-likeness (QED) is 0.0195. The summed E-state index contributed by atoms with van der Waals surface area (Å²) in [6, 6.07) is -0.843. The first-order valence-corrected chi connectivity index (χ1v) is 30.2. The molecule has 7 unspecified atom stereocenters. The highest BCUT2D eigenvalue weighted by Gasteiger charge is 2.44. The van der Waals surface area contributed by atoms with Crippen LogP contribution in [0.25, 0.3) is 0 Å². The van der Waals surface area contributed by atoms with Gasteiger partial charge in [0.1, 0.15) is 24.4 Å².